The number of rotatable bonds is 1. The minimum atomic E-state index is -0.481. The van der Waals surface area contributed by atoms with Crippen LogP contribution in [0.2, 0.25) is 0 Å². The Balaban J connectivity index is 1.91. The fourth-order valence-electron chi connectivity index (χ4n) is 3.67. The second-order valence-corrected chi connectivity index (χ2v) is 6.90. The van der Waals surface area contributed by atoms with Gasteiger partial charge >= 0.3 is 0 Å². The molecule has 1 aromatic heterocycles. The second kappa shape index (κ2) is 3.80. The molecule has 0 spiro atoms. The Morgan fingerprint density at radius 3 is 2.90 bits per heavy atom. The molecule has 0 bridgehead atoms. The Morgan fingerprint density at radius 1 is 1.45 bits per heavy atom. The van der Waals surface area contributed by atoms with Crippen molar-refractivity contribution in [2.45, 2.75) is 31.2 Å². The zero-order valence-corrected chi connectivity index (χ0v) is 13.0. The van der Waals surface area contributed by atoms with Crippen molar-refractivity contribution >= 4 is 28.1 Å². The van der Waals surface area contributed by atoms with E-state index < -0.39 is 17.0 Å². The van der Waals surface area contributed by atoms with Gasteiger partial charge in [-0.1, -0.05) is 0 Å². The molecule has 6 heteroatoms. The van der Waals surface area contributed by atoms with Gasteiger partial charge in [0, 0.05) is 34.8 Å². The van der Waals surface area contributed by atoms with Crippen molar-refractivity contribution in [1.29, 1.82) is 0 Å². The van der Waals surface area contributed by atoms with Crippen LogP contribution in [0.15, 0.2) is 16.6 Å². The number of H-pyrrole nitrogens is 1. The lowest BCUT2D eigenvalue weighted by Gasteiger charge is -2.16. The molecule has 1 N–H and O–H groups in total. The summed E-state index contributed by atoms with van der Waals surface area (Å²) in [6, 6.07) is 2.74. The fraction of sp³-hybridized carbons (Fsp3) is 0.357. The predicted molar refractivity (Wildman–Crippen MR) is 77.4 cm³/mol. The van der Waals surface area contributed by atoms with E-state index in [1.807, 2.05) is 11.5 Å². The van der Waals surface area contributed by atoms with E-state index >= 15 is 0 Å². The molecule has 1 unspecified atom stereocenters. The second-order valence-electron chi connectivity index (χ2n) is 5.66. The number of fused-ring (bicyclic) bond motifs is 3. The van der Waals surface area contributed by atoms with E-state index in [-0.39, 0.29) is 11.5 Å². The standard InChI is InChI=1S/C14H11BrF2N2S/c1-6-12-7-4-14(7,5-19(12)13(20)18-6)10-9(16)3-2-8(15)11(10)17/h2-3,7H,4-5H2,1H3,(H,18,20)/t7?,14-/m0/s1. The maximum absolute atomic E-state index is 14.4. The van der Waals surface area contributed by atoms with Crippen molar-refractivity contribution in [2.75, 3.05) is 0 Å². The number of aromatic amines is 1. The van der Waals surface area contributed by atoms with Gasteiger partial charge < -0.3 is 9.55 Å². The first kappa shape index (κ1) is 12.7. The van der Waals surface area contributed by atoms with E-state index in [2.05, 4.69) is 20.9 Å². The zero-order chi connectivity index (χ0) is 14.2. The lowest BCUT2D eigenvalue weighted by atomic mass is 9.93. The average Bonchev–Trinajstić information content (AvgIpc) is 2.88. The van der Waals surface area contributed by atoms with Gasteiger partial charge in [-0.3, -0.25) is 0 Å². The minimum Gasteiger partial charge on any atom is -0.335 e. The van der Waals surface area contributed by atoms with Gasteiger partial charge in [0.1, 0.15) is 11.6 Å². The summed E-state index contributed by atoms with van der Waals surface area (Å²) in [5, 5.41) is 0. The summed E-state index contributed by atoms with van der Waals surface area (Å²) in [5.74, 6) is -0.786. The molecule has 1 fully saturated rings. The number of benzene rings is 1. The molecule has 4 rings (SSSR count). The zero-order valence-electron chi connectivity index (χ0n) is 10.6. The van der Waals surface area contributed by atoms with Crippen molar-refractivity contribution in [3.8, 4) is 0 Å². The van der Waals surface area contributed by atoms with E-state index in [4.69, 9.17) is 12.2 Å². The number of aryl methyl sites for hydroxylation is 1. The Hall–Kier alpha value is -1.01. The number of halogens is 3. The highest BCUT2D eigenvalue weighted by atomic mass is 79.9. The Bertz CT molecular complexity index is 810. The molecular weight excluding hydrogens is 346 g/mol. The topological polar surface area (TPSA) is 20.7 Å². The number of imidazole rings is 1. The van der Waals surface area contributed by atoms with Crippen LogP contribution in [0.1, 0.15) is 29.3 Å². The molecule has 1 saturated carbocycles. The lowest BCUT2D eigenvalue weighted by Crippen LogP contribution is -2.17. The van der Waals surface area contributed by atoms with Gasteiger partial charge in [0.05, 0.1) is 4.47 Å². The molecule has 2 heterocycles. The Morgan fingerprint density at radius 2 is 2.20 bits per heavy atom. The molecule has 20 heavy (non-hydrogen) atoms. The third kappa shape index (κ3) is 1.39. The van der Waals surface area contributed by atoms with Crippen LogP contribution in [-0.2, 0) is 12.0 Å². The third-order valence-corrected chi connectivity index (χ3v) is 5.54. The number of aromatic nitrogens is 2. The Labute approximate surface area is 127 Å². The summed E-state index contributed by atoms with van der Waals surface area (Å²) in [5.41, 5.74) is 1.86. The van der Waals surface area contributed by atoms with Crippen molar-refractivity contribution in [2.24, 2.45) is 0 Å². The van der Waals surface area contributed by atoms with Gasteiger partial charge in [0.15, 0.2) is 4.77 Å². The maximum atomic E-state index is 14.4. The van der Waals surface area contributed by atoms with E-state index in [0.717, 1.165) is 17.8 Å². The van der Waals surface area contributed by atoms with Crippen molar-refractivity contribution in [1.82, 2.24) is 9.55 Å². The average molecular weight is 357 g/mol. The van der Waals surface area contributed by atoms with Crippen molar-refractivity contribution in [3.63, 3.8) is 0 Å². The summed E-state index contributed by atoms with van der Waals surface area (Å²) in [7, 11) is 0. The smallest absolute Gasteiger partial charge is 0.177 e. The van der Waals surface area contributed by atoms with E-state index in [1.54, 1.807) is 0 Å². The first-order valence-electron chi connectivity index (χ1n) is 6.39. The number of hydrogen-bond acceptors (Lipinski definition) is 1. The highest BCUT2D eigenvalue weighted by Gasteiger charge is 2.64. The van der Waals surface area contributed by atoms with Gasteiger partial charge in [0.25, 0.3) is 0 Å². The van der Waals surface area contributed by atoms with Crippen LogP contribution >= 0.6 is 28.1 Å². The first-order valence-corrected chi connectivity index (χ1v) is 7.59. The van der Waals surface area contributed by atoms with Gasteiger partial charge in [-0.25, -0.2) is 8.78 Å². The quantitative estimate of drug-likeness (QED) is 0.595. The van der Waals surface area contributed by atoms with Crippen LogP contribution in [0, 0.1) is 23.3 Å². The Kier molecular flexibility index (Phi) is 2.41. The molecule has 2 aliphatic rings. The summed E-state index contributed by atoms with van der Waals surface area (Å²) < 4.78 is 31.5. The van der Waals surface area contributed by atoms with Gasteiger partial charge in [0.2, 0.25) is 0 Å². The van der Waals surface area contributed by atoms with E-state index in [9.17, 15) is 8.78 Å². The van der Waals surface area contributed by atoms with Crippen molar-refractivity contribution in [3.05, 3.63) is 50.0 Å². The van der Waals surface area contributed by atoms with Crippen LogP contribution in [0.5, 0.6) is 0 Å². The first-order chi connectivity index (χ1) is 9.45. The molecule has 1 aliphatic carbocycles. The minimum absolute atomic E-state index is 0.161. The highest BCUT2D eigenvalue weighted by Crippen LogP contribution is 2.67. The van der Waals surface area contributed by atoms with Crippen molar-refractivity contribution < 1.29 is 8.78 Å². The normalized spacial score (nSPS) is 26.5. The molecule has 104 valence electrons. The predicted octanol–water partition coefficient (Wildman–Crippen LogP) is 4.33. The van der Waals surface area contributed by atoms with Crippen LogP contribution in [0.3, 0.4) is 0 Å². The van der Waals surface area contributed by atoms with Gasteiger partial charge in [-0.2, -0.15) is 0 Å². The van der Waals surface area contributed by atoms with Crippen LogP contribution < -0.4 is 0 Å². The number of nitrogens with zero attached hydrogens (tertiary/aromatic N) is 1. The molecular formula is C14H11BrF2N2S. The summed E-state index contributed by atoms with van der Waals surface area (Å²) >= 11 is 8.42. The molecule has 2 aromatic rings. The molecule has 2 atom stereocenters. The maximum Gasteiger partial charge on any atom is 0.177 e. The van der Waals surface area contributed by atoms with Crippen LogP contribution in [0.25, 0.3) is 0 Å². The van der Waals surface area contributed by atoms with E-state index in [0.29, 0.717) is 15.8 Å². The van der Waals surface area contributed by atoms with Crippen LogP contribution in [-0.4, -0.2) is 9.55 Å². The SMILES string of the molecule is Cc1[nH]c(=S)n2c1C1C[C@]1(c1c(F)ccc(Br)c1F)C2. The highest BCUT2D eigenvalue weighted by molar-refractivity contribution is 9.10. The molecule has 0 radical (unpaired) electrons. The number of hydrogen-bond donors (Lipinski definition) is 1. The third-order valence-electron chi connectivity index (χ3n) is 4.60. The molecule has 0 saturated heterocycles. The number of nitrogens with one attached hydrogen (secondary N) is 1. The van der Waals surface area contributed by atoms with Gasteiger partial charge in [-0.05, 0) is 53.6 Å². The monoisotopic (exact) mass is 356 g/mol. The summed E-state index contributed by atoms with van der Waals surface area (Å²) in [4.78, 5) is 3.13. The largest absolute Gasteiger partial charge is 0.335 e. The molecule has 1 aliphatic heterocycles. The molecule has 1 aromatic carbocycles. The summed E-state index contributed by atoms with van der Waals surface area (Å²) in [6.45, 7) is 2.52. The molecule has 0 amide bonds. The van der Waals surface area contributed by atoms with Gasteiger partial charge in [-0.15, -0.1) is 0 Å². The lowest BCUT2D eigenvalue weighted by molar-refractivity contribution is 0.484. The van der Waals surface area contributed by atoms with E-state index in [1.165, 1.54) is 12.1 Å². The summed E-state index contributed by atoms with van der Waals surface area (Å²) in [6.07, 6.45) is 0.782. The van der Waals surface area contributed by atoms with Crippen LogP contribution in [0.4, 0.5) is 8.78 Å². The fourth-order valence-corrected chi connectivity index (χ4v) is 4.32. The molecule has 2 nitrogen and oxygen atoms in total.